The maximum Gasteiger partial charge on any atom is 0.573 e. The number of benzene rings is 3. The second-order valence-corrected chi connectivity index (χ2v) is 5.93. The summed E-state index contributed by atoms with van der Waals surface area (Å²) in [6, 6.07) is 13.9. The van der Waals surface area contributed by atoms with Crippen molar-refractivity contribution in [3.63, 3.8) is 0 Å². The van der Waals surface area contributed by atoms with E-state index in [1.807, 2.05) is 6.92 Å². The Kier molecular flexibility index (Phi) is 5.17. The first-order valence-corrected chi connectivity index (χ1v) is 8.21. The summed E-state index contributed by atoms with van der Waals surface area (Å²) >= 11 is 0. The lowest BCUT2D eigenvalue weighted by atomic mass is 9.98. The molecule has 0 spiro atoms. The molecule has 0 heterocycles. The van der Waals surface area contributed by atoms with Gasteiger partial charge in [0.1, 0.15) is 17.4 Å². The smallest absolute Gasteiger partial charge is 0.406 e. The SMILES string of the molecule is CCc1ccc(-c2ccc(-c3ccc(OC(F)(F)F)cc3)c(F)c2)c(F)c1. The highest BCUT2D eigenvalue weighted by Crippen LogP contribution is 2.31. The molecule has 3 rings (SSSR count). The van der Waals surface area contributed by atoms with Crippen LogP contribution in [0.2, 0.25) is 0 Å². The third-order valence-corrected chi connectivity index (χ3v) is 4.12. The van der Waals surface area contributed by atoms with Crippen molar-refractivity contribution in [1.29, 1.82) is 0 Å². The van der Waals surface area contributed by atoms with Crippen LogP contribution in [0.1, 0.15) is 12.5 Å². The number of hydrogen-bond donors (Lipinski definition) is 0. The molecule has 0 saturated carbocycles. The van der Waals surface area contributed by atoms with Crippen LogP contribution >= 0.6 is 0 Å². The van der Waals surface area contributed by atoms with Gasteiger partial charge < -0.3 is 4.74 Å². The molecule has 3 aromatic carbocycles. The molecule has 0 aliphatic carbocycles. The summed E-state index contributed by atoms with van der Waals surface area (Å²) in [5.74, 6) is -1.42. The number of aryl methyl sites for hydroxylation is 1. The zero-order valence-electron chi connectivity index (χ0n) is 14.3. The minimum Gasteiger partial charge on any atom is -0.406 e. The number of alkyl halides is 3. The zero-order chi connectivity index (χ0) is 19.6. The van der Waals surface area contributed by atoms with Crippen molar-refractivity contribution in [2.24, 2.45) is 0 Å². The Labute approximate surface area is 153 Å². The van der Waals surface area contributed by atoms with Crippen LogP contribution in [0.4, 0.5) is 22.0 Å². The van der Waals surface area contributed by atoms with Crippen molar-refractivity contribution in [2.45, 2.75) is 19.7 Å². The Balaban J connectivity index is 1.89. The molecular weight excluding hydrogens is 363 g/mol. The fraction of sp³-hybridized carbons (Fsp3) is 0.143. The molecule has 0 atom stereocenters. The van der Waals surface area contributed by atoms with Gasteiger partial charge in [0.05, 0.1) is 0 Å². The third-order valence-electron chi connectivity index (χ3n) is 4.12. The van der Waals surface area contributed by atoms with Crippen molar-refractivity contribution in [2.75, 3.05) is 0 Å². The van der Waals surface area contributed by atoms with E-state index >= 15 is 0 Å². The third kappa shape index (κ3) is 4.45. The normalized spacial score (nSPS) is 11.5. The highest BCUT2D eigenvalue weighted by Gasteiger charge is 2.31. The van der Waals surface area contributed by atoms with E-state index in [0.29, 0.717) is 17.5 Å². The van der Waals surface area contributed by atoms with Crippen molar-refractivity contribution in [1.82, 2.24) is 0 Å². The number of rotatable bonds is 4. The average molecular weight is 378 g/mol. The van der Waals surface area contributed by atoms with E-state index in [-0.39, 0.29) is 16.9 Å². The first-order chi connectivity index (χ1) is 12.8. The average Bonchev–Trinajstić information content (AvgIpc) is 2.61. The lowest BCUT2D eigenvalue weighted by molar-refractivity contribution is -0.274. The van der Waals surface area contributed by atoms with Crippen LogP contribution in [-0.4, -0.2) is 6.36 Å². The highest BCUT2D eigenvalue weighted by atomic mass is 19.4. The second kappa shape index (κ2) is 7.39. The Bertz CT molecular complexity index is 946. The first-order valence-electron chi connectivity index (χ1n) is 8.21. The van der Waals surface area contributed by atoms with Crippen LogP contribution in [-0.2, 0) is 6.42 Å². The van der Waals surface area contributed by atoms with Gasteiger partial charge in [-0.2, -0.15) is 0 Å². The van der Waals surface area contributed by atoms with Crippen LogP contribution in [0, 0.1) is 11.6 Å². The maximum atomic E-state index is 14.5. The maximum absolute atomic E-state index is 14.5. The van der Waals surface area contributed by atoms with Gasteiger partial charge in [-0.25, -0.2) is 8.78 Å². The second-order valence-electron chi connectivity index (χ2n) is 5.93. The molecule has 6 heteroatoms. The summed E-state index contributed by atoms with van der Waals surface area (Å²) in [6.45, 7) is 1.91. The van der Waals surface area contributed by atoms with E-state index < -0.39 is 18.0 Å². The fourth-order valence-corrected chi connectivity index (χ4v) is 2.77. The van der Waals surface area contributed by atoms with E-state index in [1.54, 1.807) is 18.2 Å². The highest BCUT2D eigenvalue weighted by molar-refractivity contribution is 5.71. The molecule has 27 heavy (non-hydrogen) atoms. The topological polar surface area (TPSA) is 9.23 Å². The monoisotopic (exact) mass is 378 g/mol. The van der Waals surface area contributed by atoms with Crippen LogP contribution < -0.4 is 4.74 Å². The quantitative estimate of drug-likeness (QED) is 0.456. The van der Waals surface area contributed by atoms with E-state index in [9.17, 15) is 22.0 Å². The lowest BCUT2D eigenvalue weighted by Gasteiger charge is -2.11. The Morgan fingerprint density at radius 2 is 1.30 bits per heavy atom. The van der Waals surface area contributed by atoms with E-state index in [2.05, 4.69) is 4.74 Å². The van der Waals surface area contributed by atoms with Gasteiger partial charge >= 0.3 is 6.36 Å². The van der Waals surface area contributed by atoms with Gasteiger partial charge in [-0.3, -0.25) is 0 Å². The molecule has 0 aromatic heterocycles. The van der Waals surface area contributed by atoms with Gasteiger partial charge in [-0.1, -0.05) is 43.3 Å². The van der Waals surface area contributed by atoms with Crippen molar-refractivity contribution < 1.29 is 26.7 Å². The van der Waals surface area contributed by atoms with Gasteiger partial charge in [0.2, 0.25) is 0 Å². The van der Waals surface area contributed by atoms with Crippen molar-refractivity contribution >= 4 is 0 Å². The standard InChI is InChI=1S/C21H15F5O/c1-2-13-3-9-18(19(22)11-13)15-6-10-17(20(23)12-15)14-4-7-16(8-5-14)27-21(24,25)26/h3-12H,2H2,1H3. The van der Waals surface area contributed by atoms with Gasteiger partial charge in [0.25, 0.3) is 0 Å². The summed E-state index contributed by atoms with van der Waals surface area (Å²) < 4.78 is 69.2. The number of halogens is 5. The largest absolute Gasteiger partial charge is 0.573 e. The van der Waals surface area contributed by atoms with Crippen molar-refractivity contribution in [3.05, 3.63) is 77.9 Å². The molecule has 0 bridgehead atoms. The first kappa shape index (κ1) is 18.9. The molecule has 0 aliphatic rings. The molecule has 1 nitrogen and oxygen atoms in total. The van der Waals surface area contributed by atoms with Crippen LogP contribution in [0.15, 0.2) is 60.7 Å². The molecule has 0 amide bonds. The van der Waals surface area contributed by atoms with E-state index in [4.69, 9.17) is 0 Å². The summed E-state index contributed by atoms with van der Waals surface area (Å²) in [6.07, 6.45) is -4.09. The molecule has 0 aliphatic heterocycles. The molecule has 140 valence electrons. The Hall–Kier alpha value is -2.89. The summed E-state index contributed by atoms with van der Waals surface area (Å²) in [5.41, 5.74) is 2.09. The molecule has 0 saturated heterocycles. The molecule has 3 aromatic rings. The van der Waals surface area contributed by atoms with E-state index in [0.717, 1.165) is 17.7 Å². The van der Waals surface area contributed by atoms with Gasteiger partial charge in [-0.15, -0.1) is 13.2 Å². The van der Waals surface area contributed by atoms with Gasteiger partial charge in [-0.05, 0) is 47.4 Å². The molecular formula is C21H15F5O. The molecule has 0 fully saturated rings. The van der Waals surface area contributed by atoms with Gasteiger partial charge in [0, 0.05) is 11.1 Å². The van der Waals surface area contributed by atoms with Crippen LogP contribution in [0.5, 0.6) is 5.75 Å². The van der Waals surface area contributed by atoms with Crippen molar-refractivity contribution in [3.8, 4) is 28.0 Å². The summed E-state index contributed by atoms with van der Waals surface area (Å²) in [4.78, 5) is 0. The van der Waals surface area contributed by atoms with Gasteiger partial charge in [0.15, 0.2) is 0 Å². The van der Waals surface area contributed by atoms with Crippen LogP contribution in [0.3, 0.4) is 0 Å². The predicted octanol–water partition coefficient (Wildman–Crippen LogP) is 6.76. The van der Waals surface area contributed by atoms with E-state index in [1.165, 1.54) is 30.3 Å². The molecule has 0 unspecified atom stereocenters. The fourth-order valence-electron chi connectivity index (χ4n) is 2.77. The zero-order valence-corrected chi connectivity index (χ0v) is 14.3. The number of hydrogen-bond acceptors (Lipinski definition) is 1. The summed E-state index contributed by atoms with van der Waals surface area (Å²) in [5, 5.41) is 0. The summed E-state index contributed by atoms with van der Waals surface area (Å²) in [7, 11) is 0. The minimum absolute atomic E-state index is 0.197. The Morgan fingerprint density at radius 1 is 0.741 bits per heavy atom. The van der Waals surface area contributed by atoms with Crippen LogP contribution in [0.25, 0.3) is 22.3 Å². The lowest BCUT2D eigenvalue weighted by Crippen LogP contribution is -2.16. The number of ether oxygens (including phenoxy) is 1. The predicted molar refractivity (Wildman–Crippen MR) is 93.3 cm³/mol. The molecule has 0 radical (unpaired) electrons. The molecule has 0 N–H and O–H groups in total. The minimum atomic E-state index is -4.79. The Morgan fingerprint density at radius 3 is 1.85 bits per heavy atom.